The molecule has 1 fully saturated rings. The third-order valence-corrected chi connectivity index (χ3v) is 7.73. The Morgan fingerprint density at radius 2 is 1.85 bits per heavy atom. The fourth-order valence-corrected chi connectivity index (χ4v) is 5.30. The van der Waals surface area contributed by atoms with Crippen LogP contribution in [0.5, 0.6) is 5.75 Å². The Morgan fingerprint density at radius 3 is 2.44 bits per heavy atom. The van der Waals surface area contributed by atoms with Gasteiger partial charge in [0.25, 0.3) is 0 Å². The van der Waals surface area contributed by atoms with E-state index in [0.29, 0.717) is 39.7 Å². The summed E-state index contributed by atoms with van der Waals surface area (Å²) in [6.45, 7) is 13.7. The van der Waals surface area contributed by atoms with Crippen molar-refractivity contribution in [3.63, 3.8) is 0 Å². The smallest absolute Gasteiger partial charge is 0.337 e. The van der Waals surface area contributed by atoms with Crippen LogP contribution < -0.4 is 9.64 Å². The number of aromatic nitrogens is 2. The third kappa shape index (κ3) is 7.54. The lowest BCUT2D eigenvalue weighted by Crippen LogP contribution is -2.39. The Kier molecular flexibility index (Phi) is 9.24. The molecule has 3 heterocycles. The number of pyridine rings is 2. The number of anilines is 1. The van der Waals surface area contributed by atoms with Crippen LogP contribution in [0.2, 0.25) is 5.02 Å². The third-order valence-electron chi connectivity index (χ3n) is 7.37. The lowest BCUT2D eigenvalue weighted by molar-refractivity contribution is -0.160. The summed E-state index contributed by atoms with van der Waals surface area (Å²) in [5.74, 6) is -0.893. The number of hydrogen-bond acceptors (Lipinski definition) is 6. The van der Waals surface area contributed by atoms with Crippen LogP contribution in [0.4, 0.5) is 10.1 Å². The minimum atomic E-state index is -1.19. The zero-order chi connectivity index (χ0) is 29.9. The number of rotatable bonds is 9. The number of piperidine rings is 1. The van der Waals surface area contributed by atoms with E-state index in [-0.39, 0.29) is 17.8 Å². The highest BCUT2D eigenvalue weighted by Gasteiger charge is 2.36. The predicted octanol–water partition coefficient (Wildman–Crippen LogP) is 7.43. The molecule has 1 aliphatic rings. The molecule has 41 heavy (non-hydrogen) atoms. The normalized spacial score (nSPS) is 16.0. The number of carboxylic acid groups (broad SMARTS) is 1. The maximum absolute atomic E-state index is 14.1. The van der Waals surface area contributed by atoms with Gasteiger partial charge in [0.1, 0.15) is 11.6 Å². The van der Waals surface area contributed by atoms with Gasteiger partial charge in [0.15, 0.2) is 6.10 Å². The van der Waals surface area contributed by atoms with E-state index in [0.717, 1.165) is 37.2 Å². The van der Waals surface area contributed by atoms with Gasteiger partial charge in [-0.3, -0.25) is 9.97 Å². The first-order valence-electron chi connectivity index (χ1n) is 13.9. The molecule has 0 unspecified atom stereocenters. The molecule has 2 aromatic heterocycles. The molecule has 3 aromatic rings. The number of carboxylic acids is 1. The van der Waals surface area contributed by atoms with E-state index in [1.165, 1.54) is 6.07 Å². The monoisotopic (exact) mass is 583 g/mol. The molecule has 0 radical (unpaired) electrons. The molecule has 0 bridgehead atoms. The molecule has 0 amide bonds. The number of benzene rings is 1. The zero-order valence-electron chi connectivity index (χ0n) is 24.6. The van der Waals surface area contributed by atoms with Gasteiger partial charge in [-0.1, -0.05) is 31.5 Å². The minimum absolute atomic E-state index is 0.205. The van der Waals surface area contributed by atoms with E-state index in [4.69, 9.17) is 21.1 Å². The van der Waals surface area contributed by atoms with Gasteiger partial charge in [0, 0.05) is 53.1 Å². The van der Waals surface area contributed by atoms with Crippen molar-refractivity contribution in [1.29, 1.82) is 0 Å². The number of carbonyl (C=O) groups is 1. The molecule has 220 valence electrons. The molecule has 9 heteroatoms. The summed E-state index contributed by atoms with van der Waals surface area (Å²) >= 11 is 6.13. The Bertz CT molecular complexity index is 1360. The van der Waals surface area contributed by atoms with Crippen LogP contribution in [-0.4, -0.2) is 46.3 Å². The molecule has 1 N–H and O–H groups in total. The van der Waals surface area contributed by atoms with Crippen molar-refractivity contribution in [2.45, 2.75) is 72.5 Å². The summed E-state index contributed by atoms with van der Waals surface area (Å²) in [7, 11) is 0. The second-order valence-electron chi connectivity index (χ2n) is 12.3. The first-order chi connectivity index (χ1) is 19.3. The van der Waals surface area contributed by atoms with Gasteiger partial charge in [0.2, 0.25) is 0 Å². The molecule has 7 nitrogen and oxygen atoms in total. The Morgan fingerprint density at radius 1 is 1.15 bits per heavy atom. The largest absolute Gasteiger partial charge is 0.492 e. The molecule has 1 atom stereocenters. The Hall–Kier alpha value is -3.23. The number of aliphatic carboxylic acids is 1. The van der Waals surface area contributed by atoms with Crippen LogP contribution in [0.15, 0.2) is 42.7 Å². The predicted molar refractivity (Wildman–Crippen MR) is 159 cm³/mol. The second-order valence-corrected chi connectivity index (χ2v) is 12.7. The molecule has 1 saturated heterocycles. The van der Waals surface area contributed by atoms with Crippen LogP contribution >= 0.6 is 11.6 Å². The van der Waals surface area contributed by atoms with Crippen LogP contribution in [0.3, 0.4) is 0 Å². The molecule has 0 spiro atoms. The van der Waals surface area contributed by atoms with E-state index in [9.17, 15) is 14.3 Å². The highest BCUT2D eigenvalue weighted by Crippen LogP contribution is 2.43. The molecule has 1 aromatic carbocycles. The van der Waals surface area contributed by atoms with Crippen molar-refractivity contribution in [2.24, 2.45) is 5.41 Å². The van der Waals surface area contributed by atoms with Gasteiger partial charge < -0.3 is 19.5 Å². The lowest BCUT2D eigenvalue weighted by atomic mass is 9.82. The fourth-order valence-electron chi connectivity index (χ4n) is 5.04. The summed E-state index contributed by atoms with van der Waals surface area (Å²) in [5, 5.41) is 10.7. The van der Waals surface area contributed by atoms with Gasteiger partial charge in [-0.2, -0.15) is 0 Å². The first kappa shape index (κ1) is 30.7. The molecule has 0 saturated carbocycles. The average molecular weight is 584 g/mol. The summed E-state index contributed by atoms with van der Waals surface area (Å²) in [4.78, 5) is 24.1. The van der Waals surface area contributed by atoms with E-state index < -0.39 is 17.7 Å². The maximum Gasteiger partial charge on any atom is 0.337 e. The van der Waals surface area contributed by atoms with Gasteiger partial charge >= 0.3 is 5.97 Å². The molecular formula is C32H39ClFN3O4. The van der Waals surface area contributed by atoms with E-state index >= 15 is 0 Å². The van der Waals surface area contributed by atoms with E-state index in [1.807, 2.05) is 33.8 Å². The highest BCUT2D eigenvalue weighted by atomic mass is 35.5. The van der Waals surface area contributed by atoms with Crippen LogP contribution in [0.25, 0.3) is 11.3 Å². The Labute approximate surface area is 246 Å². The summed E-state index contributed by atoms with van der Waals surface area (Å²) < 4.78 is 26.0. The molecule has 1 aliphatic heterocycles. The SMILES string of the molecule is Cc1ncc(-c2ccc(OCCc3c(F)cccc3Cl)cn2)c(N2CCC(C)(C)CC2)c1[C@H](OC(C)(C)C)C(=O)O. The number of ether oxygens (including phenoxy) is 2. The second kappa shape index (κ2) is 12.3. The van der Waals surface area contributed by atoms with Crippen LogP contribution in [0.1, 0.15) is 70.4 Å². The summed E-state index contributed by atoms with van der Waals surface area (Å²) in [5.41, 5.74) is 3.26. The summed E-state index contributed by atoms with van der Waals surface area (Å²) in [6, 6.07) is 8.24. The number of halogens is 2. The Balaban J connectivity index is 1.68. The quantitative estimate of drug-likeness (QED) is 0.280. The van der Waals surface area contributed by atoms with Crippen molar-refractivity contribution in [3.8, 4) is 17.0 Å². The van der Waals surface area contributed by atoms with Crippen molar-refractivity contribution < 1.29 is 23.8 Å². The molecule has 4 rings (SSSR count). The van der Waals surface area contributed by atoms with Crippen molar-refractivity contribution in [1.82, 2.24) is 9.97 Å². The van der Waals surface area contributed by atoms with Crippen molar-refractivity contribution in [3.05, 3.63) is 70.4 Å². The molecule has 0 aliphatic carbocycles. The maximum atomic E-state index is 14.1. The van der Waals surface area contributed by atoms with E-state index in [1.54, 1.807) is 30.6 Å². The minimum Gasteiger partial charge on any atom is -0.492 e. The van der Waals surface area contributed by atoms with Crippen LogP contribution in [0, 0.1) is 18.2 Å². The average Bonchev–Trinajstić information content (AvgIpc) is 2.89. The molecular weight excluding hydrogens is 545 g/mol. The van der Waals surface area contributed by atoms with Gasteiger partial charge in [-0.25, -0.2) is 9.18 Å². The first-order valence-corrected chi connectivity index (χ1v) is 14.3. The topological polar surface area (TPSA) is 84.8 Å². The van der Waals surface area contributed by atoms with Gasteiger partial charge in [-0.15, -0.1) is 0 Å². The van der Waals surface area contributed by atoms with Crippen LogP contribution in [-0.2, 0) is 16.0 Å². The van der Waals surface area contributed by atoms with Gasteiger partial charge in [0.05, 0.1) is 29.8 Å². The number of hydrogen-bond donors (Lipinski definition) is 1. The lowest BCUT2D eigenvalue weighted by Gasteiger charge is -2.40. The van der Waals surface area contributed by atoms with Crippen molar-refractivity contribution >= 4 is 23.3 Å². The fraction of sp³-hybridized carbons (Fsp3) is 0.469. The number of nitrogens with zero attached hydrogens (tertiary/aromatic N) is 3. The highest BCUT2D eigenvalue weighted by molar-refractivity contribution is 6.31. The van der Waals surface area contributed by atoms with E-state index in [2.05, 4.69) is 28.7 Å². The number of aryl methyl sites for hydroxylation is 1. The standard InChI is InChI=1S/C32H39ClFN3O4/c1-20-27(29(30(38)39)41-31(2,3)4)28(37-15-13-32(5,6)14-16-37)23(19-35-20)26-11-10-21(18-36-26)40-17-12-22-24(33)8-7-9-25(22)34/h7-11,18-19,29H,12-17H2,1-6H3,(H,38,39)/t29-/m0/s1. The van der Waals surface area contributed by atoms with Gasteiger partial charge in [-0.05, 0) is 70.2 Å². The summed E-state index contributed by atoms with van der Waals surface area (Å²) in [6.07, 6.45) is 4.43. The van der Waals surface area contributed by atoms with Crippen molar-refractivity contribution in [2.75, 3.05) is 24.6 Å². The zero-order valence-corrected chi connectivity index (χ0v) is 25.4.